The van der Waals surface area contributed by atoms with Crippen LogP contribution in [0, 0.1) is 0 Å². The van der Waals surface area contributed by atoms with Gasteiger partial charge in [0.2, 0.25) is 0 Å². The monoisotopic (exact) mass is 489 g/mol. The Morgan fingerprint density at radius 3 is 1.56 bits per heavy atom. The number of rotatable bonds is 6. The van der Waals surface area contributed by atoms with Gasteiger partial charge in [-0.3, -0.25) is 9.36 Å². The molecule has 0 radical (unpaired) electrons. The molecule has 0 fully saturated rings. The standard InChI is InChI=1S/C17H8F13NO/c18-12(19,10-6-7-31(8-10)11(32)9-4-2-1-3-5-9)13(20,21)14(22,23)15(24,25)16(26,27)17(28,29)30/h1-8H. The summed E-state index contributed by atoms with van der Waals surface area (Å²) in [4.78, 5) is 12.1. The summed E-state index contributed by atoms with van der Waals surface area (Å²) >= 11 is 0. The van der Waals surface area contributed by atoms with Crippen molar-refractivity contribution < 1.29 is 61.9 Å². The lowest BCUT2D eigenvalue weighted by molar-refractivity contribution is -0.441. The molecular weight excluding hydrogens is 481 g/mol. The lowest BCUT2D eigenvalue weighted by atomic mass is 9.91. The number of alkyl halides is 13. The minimum Gasteiger partial charge on any atom is -0.290 e. The third-order valence-electron chi connectivity index (χ3n) is 4.24. The molecule has 0 aliphatic carbocycles. The Bertz CT molecular complexity index is 976. The van der Waals surface area contributed by atoms with Crippen LogP contribution in [0.2, 0.25) is 0 Å². The van der Waals surface area contributed by atoms with Gasteiger partial charge in [0.15, 0.2) is 0 Å². The Balaban J connectivity index is 2.51. The second-order valence-corrected chi connectivity index (χ2v) is 6.35. The molecule has 0 N–H and O–H groups in total. The van der Waals surface area contributed by atoms with Crippen LogP contribution >= 0.6 is 0 Å². The van der Waals surface area contributed by atoms with Gasteiger partial charge in [0.1, 0.15) is 0 Å². The summed E-state index contributed by atoms with van der Waals surface area (Å²) in [7, 11) is 0. The van der Waals surface area contributed by atoms with E-state index >= 15 is 0 Å². The van der Waals surface area contributed by atoms with Crippen LogP contribution in [0.3, 0.4) is 0 Å². The molecule has 2 rings (SSSR count). The quantitative estimate of drug-likeness (QED) is 0.433. The average molecular weight is 489 g/mol. The van der Waals surface area contributed by atoms with Gasteiger partial charge in [-0.25, -0.2) is 0 Å². The molecule has 1 aromatic carbocycles. The van der Waals surface area contributed by atoms with E-state index in [1.807, 2.05) is 0 Å². The number of aromatic nitrogens is 1. The molecule has 0 aliphatic rings. The summed E-state index contributed by atoms with van der Waals surface area (Å²) in [5.41, 5.74) is -2.44. The first-order valence-electron chi connectivity index (χ1n) is 7.97. The molecule has 0 atom stereocenters. The molecule has 0 amide bonds. The topological polar surface area (TPSA) is 22.0 Å². The summed E-state index contributed by atoms with van der Waals surface area (Å²) in [6.07, 6.45) is -7.31. The maximum Gasteiger partial charge on any atom is 0.460 e. The molecule has 1 aromatic heterocycles. The second-order valence-electron chi connectivity index (χ2n) is 6.35. The van der Waals surface area contributed by atoms with Crippen LogP contribution in [-0.4, -0.2) is 40.3 Å². The smallest absolute Gasteiger partial charge is 0.290 e. The summed E-state index contributed by atoms with van der Waals surface area (Å²) in [6, 6.07) is 6.18. The molecule has 2 aromatic rings. The Hall–Kier alpha value is -2.74. The minimum absolute atomic E-state index is 0.0924. The molecule has 0 spiro atoms. The number of carbonyl (C=O) groups excluding carboxylic acids is 1. The number of hydrogen-bond donors (Lipinski definition) is 0. The van der Waals surface area contributed by atoms with Crippen molar-refractivity contribution >= 4 is 5.91 Å². The van der Waals surface area contributed by atoms with E-state index in [2.05, 4.69) is 0 Å². The predicted molar refractivity (Wildman–Crippen MR) is 80.3 cm³/mol. The zero-order valence-corrected chi connectivity index (χ0v) is 14.9. The van der Waals surface area contributed by atoms with Crippen LogP contribution < -0.4 is 0 Å². The number of carbonyl (C=O) groups is 1. The van der Waals surface area contributed by atoms with E-state index in [1.54, 1.807) is 0 Å². The van der Waals surface area contributed by atoms with E-state index in [-0.39, 0.29) is 22.4 Å². The Morgan fingerprint density at radius 2 is 1.09 bits per heavy atom. The highest BCUT2D eigenvalue weighted by Crippen LogP contribution is 2.62. The first kappa shape index (κ1) is 25.5. The van der Waals surface area contributed by atoms with Crippen LogP contribution in [0.1, 0.15) is 15.9 Å². The minimum atomic E-state index is -7.98. The SMILES string of the molecule is O=C(c1ccccc1)n1ccc(C(F)(F)C(F)(F)C(F)(F)C(F)(F)C(F)(F)C(F)(F)F)c1. The molecule has 0 saturated heterocycles. The zero-order chi connectivity index (χ0) is 25.0. The van der Waals surface area contributed by atoms with Crippen LogP contribution in [0.5, 0.6) is 0 Å². The van der Waals surface area contributed by atoms with Gasteiger partial charge < -0.3 is 0 Å². The number of benzene rings is 1. The molecule has 15 heteroatoms. The van der Waals surface area contributed by atoms with E-state index in [4.69, 9.17) is 0 Å². The summed E-state index contributed by atoms with van der Waals surface area (Å²) in [6.45, 7) is 0. The van der Waals surface area contributed by atoms with E-state index in [0.29, 0.717) is 6.20 Å². The van der Waals surface area contributed by atoms with Gasteiger partial charge in [-0.1, -0.05) is 18.2 Å². The first-order chi connectivity index (χ1) is 14.2. The predicted octanol–water partition coefficient (Wildman–Crippen LogP) is 6.37. The van der Waals surface area contributed by atoms with Gasteiger partial charge in [0.25, 0.3) is 5.91 Å². The molecule has 0 saturated carbocycles. The highest BCUT2D eigenvalue weighted by atomic mass is 19.4. The van der Waals surface area contributed by atoms with Crippen LogP contribution in [0.15, 0.2) is 48.8 Å². The summed E-state index contributed by atoms with van der Waals surface area (Å²) in [5.74, 6) is -38.7. The Morgan fingerprint density at radius 1 is 0.625 bits per heavy atom. The van der Waals surface area contributed by atoms with Crippen molar-refractivity contribution in [2.45, 2.75) is 35.8 Å². The third kappa shape index (κ3) is 3.50. The normalized spacial score (nSPS) is 14.5. The number of hydrogen-bond acceptors (Lipinski definition) is 1. The van der Waals surface area contributed by atoms with Crippen LogP contribution in [0.25, 0.3) is 0 Å². The second kappa shape index (κ2) is 7.40. The van der Waals surface area contributed by atoms with E-state index in [1.165, 1.54) is 18.2 Å². The van der Waals surface area contributed by atoms with Gasteiger partial charge >= 0.3 is 35.8 Å². The molecule has 1 heterocycles. The van der Waals surface area contributed by atoms with E-state index < -0.39 is 47.3 Å². The fraction of sp³-hybridized carbons (Fsp3) is 0.353. The Kier molecular flexibility index (Phi) is 5.90. The largest absolute Gasteiger partial charge is 0.460 e. The Labute approximate surface area is 169 Å². The average Bonchev–Trinajstić information content (AvgIpc) is 3.17. The highest BCUT2D eigenvalue weighted by molar-refractivity contribution is 5.96. The fourth-order valence-corrected chi connectivity index (χ4v) is 2.39. The van der Waals surface area contributed by atoms with Crippen molar-refractivity contribution in [2.75, 3.05) is 0 Å². The summed E-state index contributed by atoms with van der Waals surface area (Å²) in [5, 5.41) is 0. The van der Waals surface area contributed by atoms with Gasteiger partial charge in [0.05, 0.1) is 0 Å². The number of halogens is 13. The maximum absolute atomic E-state index is 14.1. The highest BCUT2D eigenvalue weighted by Gasteiger charge is 2.90. The van der Waals surface area contributed by atoms with Crippen molar-refractivity contribution in [1.82, 2.24) is 4.57 Å². The van der Waals surface area contributed by atoms with Gasteiger partial charge in [-0.15, -0.1) is 0 Å². The van der Waals surface area contributed by atoms with E-state index in [9.17, 15) is 61.9 Å². The molecular formula is C17H8F13NO. The van der Waals surface area contributed by atoms with Gasteiger partial charge in [-0.2, -0.15) is 57.1 Å². The van der Waals surface area contributed by atoms with Crippen LogP contribution in [0.4, 0.5) is 57.1 Å². The molecule has 0 aliphatic heterocycles. The number of nitrogens with zero attached hydrogens (tertiary/aromatic N) is 1. The lowest BCUT2D eigenvalue weighted by Gasteiger charge is -2.39. The van der Waals surface area contributed by atoms with Crippen molar-refractivity contribution in [3.63, 3.8) is 0 Å². The molecule has 2 nitrogen and oxygen atoms in total. The molecule has 178 valence electrons. The van der Waals surface area contributed by atoms with Crippen molar-refractivity contribution in [3.8, 4) is 0 Å². The molecule has 0 bridgehead atoms. The van der Waals surface area contributed by atoms with Crippen LogP contribution in [-0.2, 0) is 5.92 Å². The molecule has 32 heavy (non-hydrogen) atoms. The zero-order valence-electron chi connectivity index (χ0n) is 14.9. The van der Waals surface area contributed by atoms with Crippen molar-refractivity contribution in [2.24, 2.45) is 0 Å². The molecule has 0 unspecified atom stereocenters. The lowest BCUT2D eigenvalue weighted by Crippen LogP contribution is -2.69. The van der Waals surface area contributed by atoms with E-state index in [0.717, 1.165) is 12.1 Å². The van der Waals surface area contributed by atoms with Crippen molar-refractivity contribution in [3.05, 3.63) is 59.9 Å². The summed E-state index contributed by atoms with van der Waals surface area (Å²) < 4.78 is 172. The fourth-order valence-electron chi connectivity index (χ4n) is 2.39. The van der Waals surface area contributed by atoms with Crippen molar-refractivity contribution in [1.29, 1.82) is 0 Å². The van der Waals surface area contributed by atoms with Gasteiger partial charge in [-0.05, 0) is 18.2 Å². The first-order valence-corrected chi connectivity index (χ1v) is 7.97. The maximum atomic E-state index is 14.1. The third-order valence-corrected chi connectivity index (χ3v) is 4.24. The van der Waals surface area contributed by atoms with Gasteiger partial charge in [0, 0.05) is 23.5 Å².